The highest BCUT2D eigenvalue weighted by molar-refractivity contribution is 9.11. The van der Waals surface area contributed by atoms with Crippen LogP contribution in [0.15, 0.2) is 21.1 Å². The number of hydrogen-bond donors (Lipinski definition) is 1. The van der Waals surface area contributed by atoms with E-state index in [0.29, 0.717) is 6.04 Å². The van der Waals surface area contributed by atoms with Crippen LogP contribution in [0.5, 0.6) is 0 Å². The Balaban J connectivity index is 2.85. The SMILES string of the molecule is CCCCCC(NCCC)c1cc(Br)c(C)cc1Br. The number of aryl methyl sites for hydroxylation is 1. The first kappa shape index (κ1) is 17.2. The van der Waals surface area contributed by atoms with Crippen molar-refractivity contribution in [1.29, 1.82) is 0 Å². The Morgan fingerprint density at radius 3 is 2.42 bits per heavy atom. The number of halogens is 2. The Kier molecular flexibility index (Phi) is 8.27. The van der Waals surface area contributed by atoms with Gasteiger partial charge in [-0.05, 0) is 49.6 Å². The lowest BCUT2D eigenvalue weighted by molar-refractivity contribution is 0.473. The lowest BCUT2D eigenvalue weighted by Crippen LogP contribution is -2.22. The monoisotopic (exact) mass is 389 g/mol. The maximum atomic E-state index is 3.72. The van der Waals surface area contributed by atoms with E-state index in [9.17, 15) is 0 Å². The van der Waals surface area contributed by atoms with Gasteiger partial charge in [-0.3, -0.25) is 0 Å². The first-order valence-corrected chi connectivity index (χ1v) is 8.87. The minimum Gasteiger partial charge on any atom is -0.310 e. The van der Waals surface area contributed by atoms with E-state index < -0.39 is 0 Å². The minimum atomic E-state index is 0.456. The second kappa shape index (κ2) is 9.15. The zero-order chi connectivity index (χ0) is 14.3. The predicted molar refractivity (Wildman–Crippen MR) is 91.8 cm³/mol. The maximum Gasteiger partial charge on any atom is 0.0331 e. The van der Waals surface area contributed by atoms with Crippen LogP contribution in [-0.4, -0.2) is 6.54 Å². The molecule has 0 saturated heterocycles. The molecule has 1 unspecified atom stereocenters. The van der Waals surface area contributed by atoms with Crippen LogP contribution in [0.3, 0.4) is 0 Å². The second-order valence-electron chi connectivity index (χ2n) is 5.13. The number of unbranched alkanes of at least 4 members (excludes halogenated alkanes) is 2. The fourth-order valence-electron chi connectivity index (χ4n) is 2.21. The zero-order valence-electron chi connectivity index (χ0n) is 12.2. The average molecular weight is 391 g/mol. The largest absolute Gasteiger partial charge is 0.310 e. The van der Waals surface area contributed by atoms with Crippen LogP contribution in [0.25, 0.3) is 0 Å². The van der Waals surface area contributed by atoms with Gasteiger partial charge in [0.1, 0.15) is 0 Å². The third kappa shape index (κ3) is 5.57. The molecule has 0 spiro atoms. The number of hydrogen-bond acceptors (Lipinski definition) is 1. The summed E-state index contributed by atoms with van der Waals surface area (Å²) in [6.45, 7) is 7.68. The molecule has 0 heterocycles. The van der Waals surface area contributed by atoms with Gasteiger partial charge in [-0.15, -0.1) is 0 Å². The highest BCUT2D eigenvalue weighted by Crippen LogP contribution is 2.32. The highest BCUT2D eigenvalue weighted by Gasteiger charge is 2.15. The van der Waals surface area contributed by atoms with Crippen LogP contribution in [0.1, 0.15) is 63.1 Å². The van der Waals surface area contributed by atoms with Crippen molar-refractivity contribution < 1.29 is 0 Å². The average Bonchev–Trinajstić information content (AvgIpc) is 2.38. The van der Waals surface area contributed by atoms with Crippen LogP contribution in [0.2, 0.25) is 0 Å². The maximum absolute atomic E-state index is 3.72. The highest BCUT2D eigenvalue weighted by atomic mass is 79.9. The van der Waals surface area contributed by atoms with Crippen LogP contribution < -0.4 is 5.32 Å². The molecule has 0 amide bonds. The van der Waals surface area contributed by atoms with Gasteiger partial charge in [0, 0.05) is 15.0 Å². The van der Waals surface area contributed by atoms with Crippen LogP contribution >= 0.6 is 31.9 Å². The number of benzene rings is 1. The minimum absolute atomic E-state index is 0.456. The van der Waals surface area contributed by atoms with E-state index in [-0.39, 0.29) is 0 Å². The van der Waals surface area contributed by atoms with Gasteiger partial charge in [-0.1, -0.05) is 65.0 Å². The standard InChI is InChI=1S/C16H25Br2N/c1-4-6-7-8-16(19-9-5-2)13-11-14(17)12(3)10-15(13)18/h10-11,16,19H,4-9H2,1-3H3. The molecule has 3 heteroatoms. The van der Waals surface area contributed by atoms with Crippen molar-refractivity contribution >= 4 is 31.9 Å². The van der Waals surface area contributed by atoms with Gasteiger partial charge < -0.3 is 5.32 Å². The normalized spacial score (nSPS) is 12.7. The summed E-state index contributed by atoms with van der Waals surface area (Å²) in [7, 11) is 0. The first-order chi connectivity index (χ1) is 9.10. The van der Waals surface area contributed by atoms with Gasteiger partial charge in [-0.25, -0.2) is 0 Å². The molecule has 0 aliphatic carbocycles. The van der Waals surface area contributed by atoms with Crippen molar-refractivity contribution in [1.82, 2.24) is 5.32 Å². The lowest BCUT2D eigenvalue weighted by atomic mass is 9.99. The van der Waals surface area contributed by atoms with Crippen molar-refractivity contribution in [3.05, 3.63) is 32.2 Å². The second-order valence-corrected chi connectivity index (χ2v) is 6.83. The molecule has 1 N–H and O–H groups in total. The lowest BCUT2D eigenvalue weighted by Gasteiger charge is -2.21. The molecule has 1 aromatic carbocycles. The summed E-state index contributed by atoms with van der Waals surface area (Å²) in [6, 6.07) is 4.93. The van der Waals surface area contributed by atoms with E-state index >= 15 is 0 Å². The molecule has 0 aromatic heterocycles. The predicted octanol–water partition coefficient (Wildman–Crippen LogP) is 6.14. The van der Waals surface area contributed by atoms with Crippen molar-refractivity contribution in [3.8, 4) is 0 Å². The summed E-state index contributed by atoms with van der Waals surface area (Å²) in [5, 5.41) is 3.68. The van der Waals surface area contributed by atoms with Gasteiger partial charge in [0.15, 0.2) is 0 Å². The zero-order valence-corrected chi connectivity index (χ0v) is 15.4. The molecule has 0 bridgehead atoms. The molecule has 1 atom stereocenters. The van der Waals surface area contributed by atoms with Gasteiger partial charge in [0.25, 0.3) is 0 Å². The van der Waals surface area contributed by atoms with Crippen LogP contribution in [0, 0.1) is 6.92 Å². The Morgan fingerprint density at radius 2 is 1.79 bits per heavy atom. The quantitative estimate of drug-likeness (QED) is 0.525. The Labute approximate surface area is 134 Å². The van der Waals surface area contributed by atoms with E-state index in [0.717, 1.165) is 6.54 Å². The van der Waals surface area contributed by atoms with E-state index in [4.69, 9.17) is 0 Å². The van der Waals surface area contributed by atoms with E-state index in [1.807, 2.05) is 0 Å². The summed E-state index contributed by atoms with van der Waals surface area (Å²) < 4.78 is 2.42. The van der Waals surface area contributed by atoms with Gasteiger partial charge in [0.2, 0.25) is 0 Å². The summed E-state index contributed by atoms with van der Waals surface area (Å²) in [4.78, 5) is 0. The molecule has 0 aliphatic heterocycles. The Hall–Kier alpha value is 0.140. The number of rotatable bonds is 8. The molecule has 19 heavy (non-hydrogen) atoms. The molecular formula is C16H25Br2N. The van der Waals surface area contributed by atoms with Crippen molar-refractivity contribution in [2.24, 2.45) is 0 Å². The molecule has 1 aromatic rings. The summed E-state index contributed by atoms with van der Waals surface area (Å²) in [6.07, 6.45) is 6.26. The van der Waals surface area contributed by atoms with Gasteiger partial charge in [-0.2, -0.15) is 0 Å². The van der Waals surface area contributed by atoms with Crippen molar-refractivity contribution in [2.45, 2.75) is 58.9 Å². The topological polar surface area (TPSA) is 12.0 Å². The molecule has 0 radical (unpaired) electrons. The molecular weight excluding hydrogens is 366 g/mol. The van der Waals surface area contributed by atoms with Gasteiger partial charge >= 0.3 is 0 Å². The molecule has 0 fully saturated rings. The Morgan fingerprint density at radius 1 is 1.05 bits per heavy atom. The fourth-order valence-corrected chi connectivity index (χ4v) is 3.31. The Bertz CT molecular complexity index is 391. The molecule has 0 saturated carbocycles. The molecule has 0 aliphatic rings. The third-order valence-corrected chi connectivity index (χ3v) is 4.93. The number of nitrogens with one attached hydrogen (secondary N) is 1. The smallest absolute Gasteiger partial charge is 0.0331 e. The third-order valence-electron chi connectivity index (χ3n) is 3.39. The first-order valence-electron chi connectivity index (χ1n) is 7.29. The van der Waals surface area contributed by atoms with Crippen molar-refractivity contribution in [2.75, 3.05) is 6.54 Å². The van der Waals surface area contributed by atoms with Crippen molar-refractivity contribution in [3.63, 3.8) is 0 Å². The van der Waals surface area contributed by atoms with E-state index in [1.165, 1.54) is 52.2 Å². The van der Waals surface area contributed by atoms with E-state index in [2.05, 4.69) is 70.1 Å². The van der Waals surface area contributed by atoms with Crippen LogP contribution in [0.4, 0.5) is 0 Å². The van der Waals surface area contributed by atoms with Gasteiger partial charge in [0.05, 0.1) is 0 Å². The summed E-state index contributed by atoms with van der Waals surface area (Å²) in [5.74, 6) is 0. The molecule has 1 nitrogen and oxygen atoms in total. The van der Waals surface area contributed by atoms with Crippen LogP contribution in [-0.2, 0) is 0 Å². The molecule has 108 valence electrons. The molecule has 1 rings (SSSR count). The fraction of sp³-hybridized carbons (Fsp3) is 0.625. The van der Waals surface area contributed by atoms with E-state index in [1.54, 1.807) is 0 Å². The summed E-state index contributed by atoms with van der Waals surface area (Å²) >= 11 is 7.37. The summed E-state index contributed by atoms with van der Waals surface area (Å²) in [5.41, 5.74) is 2.65.